The summed E-state index contributed by atoms with van der Waals surface area (Å²) in [7, 11) is -3.56. The first kappa shape index (κ1) is 44.2. The zero-order chi connectivity index (χ0) is 37.8. The number of rotatable bonds is 10. The third-order valence-corrected chi connectivity index (χ3v) is 9.33. The summed E-state index contributed by atoms with van der Waals surface area (Å²) in [6.07, 6.45) is 0. The number of nitrogens with one attached hydrogen (secondary N) is 3. The summed E-state index contributed by atoms with van der Waals surface area (Å²) >= 11 is -3.06. The number of ketones is 1. The molecular formula is C33H20Li2N7NaO11S2. The zero-order valence-electron chi connectivity index (χ0n) is 29.6. The molecule has 0 saturated carbocycles. The van der Waals surface area contributed by atoms with Crippen LogP contribution in [-0.2, 0) is 28.5 Å². The Morgan fingerprint density at radius 1 is 0.839 bits per heavy atom. The Hall–Kier alpha value is -4.55. The van der Waals surface area contributed by atoms with Gasteiger partial charge in [-0.1, -0.05) is 24.3 Å². The van der Waals surface area contributed by atoms with Crippen molar-refractivity contribution in [2.24, 2.45) is 7.05 Å². The number of benzene rings is 4. The molecule has 268 valence electrons. The Morgan fingerprint density at radius 3 is 2.18 bits per heavy atom. The van der Waals surface area contributed by atoms with Crippen LogP contribution in [0.2, 0.25) is 0 Å². The number of aryl methyl sites for hydroxylation is 1. The van der Waals surface area contributed by atoms with Crippen molar-refractivity contribution >= 4 is 78.8 Å². The molecule has 0 aliphatic heterocycles. The van der Waals surface area contributed by atoms with E-state index >= 15 is 0 Å². The summed E-state index contributed by atoms with van der Waals surface area (Å²) < 4.78 is 65.6. The van der Waals surface area contributed by atoms with Crippen LogP contribution in [0.15, 0.2) is 88.6 Å². The fourth-order valence-electron chi connectivity index (χ4n) is 5.85. The Morgan fingerprint density at radius 2 is 1.52 bits per heavy atom. The molecule has 1 aliphatic rings. The summed E-state index contributed by atoms with van der Waals surface area (Å²) in [6.45, 7) is 0. The number of pyridine rings is 1. The Kier molecular flexibility index (Phi) is 13.6. The van der Waals surface area contributed by atoms with Crippen LogP contribution in [0, 0.1) is 0 Å². The van der Waals surface area contributed by atoms with Crippen molar-refractivity contribution in [1.82, 2.24) is 19.5 Å². The van der Waals surface area contributed by atoms with Gasteiger partial charge >= 0.3 is 73.3 Å². The number of hydrogen-bond acceptors (Lipinski definition) is 17. The minimum absolute atomic E-state index is 0. The number of nitrogens with zero attached hydrogens (tertiary/aromatic N) is 4. The van der Waals surface area contributed by atoms with Gasteiger partial charge in [0.05, 0.1) is 39.0 Å². The second-order valence-electron chi connectivity index (χ2n) is 11.3. The van der Waals surface area contributed by atoms with Crippen molar-refractivity contribution in [2.75, 3.05) is 16.0 Å². The van der Waals surface area contributed by atoms with E-state index in [-0.39, 0.29) is 118 Å². The number of fused-ring (bicyclic) bond motifs is 2. The third kappa shape index (κ3) is 8.71. The largest absolute Gasteiger partial charge is 1.00 e. The molecule has 1 atom stereocenters. The minimum atomic E-state index is -5.11. The van der Waals surface area contributed by atoms with E-state index in [1.54, 1.807) is 37.4 Å². The first-order valence-corrected chi connectivity index (χ1v) is 17.4. The van der Waals surface area contributed by atoms with Crippen LogP contribution in [0.1, 0.15) is 26.3 Å². The van der Waals surface area contributed by atoms with Gasteiger partial charge in [-0.3, -0.25) is 9.59 Å². The normalized spacial score (nSPS) is 11.9. The number of carbonyl (C=O) groups is 2. The van der Waals surface area contributed by atoms with E-state index in [4.69, 9.17) is 0 Å². The predicted molar refractivity (Wildman–Crippen MR) is 184 cm³/mol. The van der Waals surface area contributed by atoms with Crippen LogP contribution in [0.25, 0.3) is 22.0 Å². The number of hydrogen-bond donors (Lipinski definition) is 4. The van der Waals surface area contributed by atoms with Crippen LogP contribution < -0.4 is 98.1 Å². The van der Waals surface area contributed by atoms with Gasteiger partial charge in [0, 0.05) is 29.8 Å². The summed E-state index contributed by atoms with van der Waals surface area (Å²) in [4.78, 5) is 49.1. The van der Waals surface area contributed by atoms with E-state index in [1.807, 2.05) is 0 Å². The van der Waals surface area contributed by atoms with Gasteiger partial charge in [0.15, 0.2) is 11.5 Å². The average Bonchev–Trinajstić information content (AvgIpc) is 3.09. The molecule has 4 N–H and O–H groups in total. The van der Waals surface area contributed by atoms with Crippen molar-refractivity contribution < 1.29 is 113 Å². The fraction of sp³-hybridized carbons (Fsp3) is 0.0303. The Labute approximate surface area is 365 Å². The van der Waals surface area contributed by atoms with Gasteiger partial charge in [0.25, 0.3) is 5.56 Å². The van der Waals surface area contributed by atoms with Crippen LogP contribution in [0.4, 0.5) is 34.6 Å². The Bertz CT molecular complexity index is 2780. The van der Waals surface area contributed by atoms with E-state index in [0.29, 0.717) is 27.6 Å². The maximum Gasteiger partial charge on any atom is 1.00 e. The van der Waals surface area contributed by atoms with Crippen LogP contribution >= 0.6 is 0 Å². The van der Waals surface area contributed by atoms with Crippen LogP contribution in [0.5, 0.6) is 11.8 Å². The molecule has 4 aromatic carbocycles. The first-order chi connectivity index (χ1) is 25.2. The standard InChI is InChI=1S/C33H23N7O11S2.2Li.Na/c1-40-23-9-8-20(28-27(23)19(14-26(40)41)17-4-2-3-5-18(17)29(28)42)35-22-13-16(7-11-25(22)53(48,49)50)34-31-37-32(39-33(45)38-31)36-21-12-15(30(43)44)6-10-24(21)51-52(46)47;;;/h2-14,35H,1H3,(H,43,44)(H,46,47)(H,48,49,50)(H3,34,36,37,38,39,45);;;/q;3*+1/p-3. The first-order valence-electron chi connectivity index (χ1n) is 15.0. The molecule has 0 radical (unpaired) electrons. The van der Waals surface area contributed by atoms with Gasteiger partial charge in [-0.15, -0.1) is 0 Å². The Balaban J connectivity index is 0.00000232. The van der Waals surface area contributed by atoms with E-state index < -0.39 is 50.1 Å². The number of carboxylic acid groups (broad SMARTS) is 1. The number of carbonyl (C=O) groups excluding carboxylic acids is 2. The van der Waals surface area contributed by atoms with Gasteiger partial charge < -0.3 is 48.8 Å². The van der Waals surface area contributed by atoms with Crippen molar-refractivity contribution in [3.05, 3.63) is 106 Å². The smallest absolute Gasteiger partial charge is 0.744 e. The van der Waals surface area contributed by atoms with Gasteiger partial charge in [0.1, 0.15) is 21.5 Å². The quantitative estimate of drug-likeness (QED) is 0.0569. The molecule has 1 unspecified atom stereocenters. The topological polar surface area (TPSA) is 281 Å². The maximum absolute atomic E-state index is 14.0. The van der Waals surface area contributed by atoms with Gasteiger partial charge in [0.2, 0.25) is 11.9 Å². The molecule has 23 heteroatoms. The second kappa shape index (κ2) is 17.3. The molecule has 0 amide bonds. The molecule has 1 aliphatic carbocycles. The van der Waals surface area contributed by atoms with E-state index in [2.05, 4.69) is 35.1 Å². The molecule has 0 spiro atoms. The number of anilines is 6. The van der Waals surface area contributed by atoms with Gasteiger partial charge in [-0.05, 0) is 65.2 Å². The molecule has 2 aromatic heterocycles. The SMILES string of the molecule is Cn1c(=O)cc2c3c(c(Nc4cc(Nc5nc(O)nc(Nc6cc(C(=O)[O-])ccc6OS(=O)[O-])n5)ccc4S(=O)(=O)[O-])ccc31)C(=O)c1ccccc1-2.[Li+].[Li+].[Na+]. The molecule has 18 nitrogen and oxygen atoms in total. The summed E-state index contributed by atoms with van der Waals surface area (Å²) in [6, 6.07) is 16.7. The molecule has 0 fully saturated rings. The van der Waals surface area contributed by atoms with Gasteiger partial charge in [-0.25, -0.2) is 12.6 Å². The van der Waals surface area contributed by atoms with Gasteiger partial charge in [-0.2, -0.15) is 15.0 Å². The zero-order valence-corrected chi connectivity index (χ0v) is 33.3. The predicted octanol–water partition coefficient (Wildman–Crippen LogP) is -6.68. The number of carboxylic acids is 1. The second-order valence-corrected chi connectivity index (χ2v) is 13.2. The van der Waals surface area contributed by atoms with E-state index in [9.17, 15) is 46.3 Å². The molecule has 7 rings (SSSR count). The van der Waals surface area contributed by atoms with Crippen molar-refractivity contribution in [1.29, 1.82) is 0 Å². The minimum Gasteiger partial charge on any atom is -0.744 e. The molecule has 6 aromatic rings. The third-order valence-electron chi connectivity index (χ3n) is 8.12. The average molecular weight is 792 g/mol. The summed E-state index contributed by atoms with van der Waals surface area (Å²) in [5.41, 5.74) is 0.911. The number of aromatic hydroxyl groups is 1. The summed E-state index contributed by atoms with van der Waals surface area (Å²) in [5.74, 6) is -3.14. The van der Waals surface area contributed by atoms with Crippen LogP contribution in [-0.4, -0.2) is 58.1 Å². The fourth-order valence-corrected chi connectivity index (χ4v) is 6.76. The van der Waals surface area contributed by atoms with Crippen LogP contribution in [0.3, 0.4) is 0 Å². The maximum atomic E-state index is 14.0. The molecule has 56 heavy (non-hydrogen) atoms. The van der Waals surface area contributed by atoms with E-state index in [1.165, 1.54) is 28.8 Å². The van der Waals surface area contributed by atoms with E-state index in [0.717, 1.165) is 24.3 Å². The monoisotopic (exact) mass is 791 g/mol. The number of aromatic carboxylic acids is 1. The van der Waals surface area contributed by atoms with Crippen molar-refractivity contribution in [2.45, 2.75) is 4.90 Å². The molecular weight excluding hydrogens is 771 g/mol. The number of aromatic nitrogens is 4. The van der Waals surface area contributed by atoms with Crippen molar-refractivity contribution in [3.8, 4) is 22.9 Å². The van der Waals surface area contributed by atoms with Crippen molar-refractivity contribution in [3.63, 3.8) is 0 Å². The molecule has 0 bridgehead atoms. The molecule has 2 heterocycles. The molecule has 0 saturated heterocycles. The summed E-state index contributed by atoms with van der Waals surface area (Å²) in [5, 5.41) is 30.2.